The lowest BCUT2D eigenvalue weighted by atomic mass is 9.67. The standard InChI is InChI=1S/C32H36F2N2O3/c1-21-26(10-7-11-29(21)34)30-27(31(38)22-12-14-24(33)15-13-22)19-36(17-5-4-16-35(2)3)20-28(30)32(39)23-8-6-9-25(37)18-23/h6-15,18,27-28,30,37H,4-5,16-17,19-20H2,1-3H3/t27-,28+,30-/m1/s1. The minimum atomic E-state index is -0.649. The van der Waals surface area contributed by atoms with Crippen LogP contribution in [0.15, 0.2) is 66.7 Å². The first-order valence-corrected chi connectivity index (χ1v) is 13.4. The molecule has 1 heterocycles. The molecule has 0 spiro atoms. The van der Waals surface area contributed by atoms with Crippen molar-refractivity contribution in [2.24, 2.45) is 11.8 Å². The molecule has 1 saturated heterocycles. The van der Waals surface area contributed by atoms with E-state index in [9.17, 15) is 23.5 Å². The number of aromatic hydroxyl groups is 1. The summed E-state index contributed by atoms with van der Waals surface area (Å²) in [5.41, 5.74) is 1.74. The molecule has 1 aliphatic rings. The molecular weight excluding hydrogens is 498 g/mol. The van der Waals surface area contributed by atoms with Gasteiger partial charge in [-0.25, -0.2) is 8.78 Å². The average Bonchev–Trinajstić information content (AvgIpc) is 2.92. The number of carbonyl (C=O) groups is 2. The Morgan fingerprint density at radius 1 is 0.897 bits per heavy atom. The van der Waals surface area contributed by atoms with Crippen molar-refractivity contribution < 1.29 is 23.5 Å². The first-order valence-electron chi connectivity index (χ1n) is 13.4. The summed E-state index contributed by atoms with van der Waals surface area (Å²) in [5, 5.41) is 10.1. The zero-order chi connectivity index (χ0) is 28.1. The maximum atomic E-state index is 14.8. The second-order valence-corrected chi connectivity index (χ2v) is 10.7. The van der Waals surface area contributed by atoms with Crippen LogP contribution in [-0.4, -0.2) is 66.7 Å². The van der Waals surface area contributed by atoms with Crippen LogP contribution in [0.5, 0.6) is 5.75 Å². The molecule has 39 heavy (non-hydrogen) atoms. The largest absolute Gasteiger partial charge is 0.508 e. The third-order valence-corrected chi connectivity index (χ3v) is 7.71. The molecule has 206 valence electrons. The smallest absolute Gasteiger partial charge is 0.167 e. The molecule has 4 rings (SSSR count). The summed E-state index contributed by atoms with van der Waals surface area (Å²) in [5.74, 6) is -3.14. The number of phenols is 1. The number of hydrogen-bond donors (Lipinski definition) is 1. The number of hydrogen-bond acceptors (Lipinski definition) is 5. The molecule has 0 aromatic heterocycles. The molecule has 0 radical (unpaired) electrons. The van der Waals surface area contributed by atoms with Crippen molar-refractivity contribution in [1.82, 2.24) is 9.80 Å². The van der Waals surface area contributed by atoms with E-state index in [1.807, 2.05) is 14.1 Å². The van der Waals surface area contributed by atoms with E-state index in [0.717, 1.165) is 19.4 Å². The predicted molar refractivity (Wildman–Crippen MR) is 148 cm³/mol. The third kappa shape index (κ3) is 6.78. The first kappa shape index (κ1) is 28.6. The van der Waals surface area contributed by atoms with Crippen molar-refractivity contribution >= 4 is 11.6 Å². The fourth-order valence-electron chi connectivity index (χ4n) is 5.70. The monoisotopic (exact) mass is 534 g/mol. The van der Waals surface area contributed by atoms with Gasteiger partial charge >= 0.3 is 0 Å². The SMILES string of the molecule is Cc1c(F)cccc1[C@H]1[C@@H](C(=O)c2cccc(O)c2)CN(CCCCN(C)C)C[C@H]1C(=O)c1ccc(F)cc1. The first-order chi connectivity index (χ1) is 18.7. The van der Waals surface area contributed by atoms with Gasteiger partial charge in [-0.2, -0.15) is 0 Å². The number of benzene rings is 3. The van der Waals surface area contributed by atoms with E-state index in [0.29, 0.717) is 41.9 Å². The topological polar surface area (TPSA) is 60.9 Å². The van der Waals surface area contributed by atoms with Gasteiger partial charge in [-0.3, -0.25) is 9.59 Å². The van der Waals surface area contributed by atoms with Gasteiger partial charge in [0.1, 0.15) is 17.4 Å². The Kier molecular flexibility index (Phi) is 9.25. The predicted octanol–water partition coefficient (Wildman–Crippen LogP) is 5.72. The van der Waals surface area contributed by atoms with Crippen molar-refractivity contribution in [1.29, 1.82) is 0 Å². The summed E-state index contributed by atoms with van der Waals surface area (Å²) >= 11 is 0. The van der Waals surface area contributed by atoms with Crippen LogP contribution in [0.25, 0.3) is 0 Å². The summed E-state index contributed by atoms with van der Waals surface area (Å²) in [4.78, 5) is 32.3. The van der Waals surface area contributed by atoms with Gasteiger partial charge < -0.3 is 14.9 Å². The van der Waals surface area contributed by atoms with E-state index in [4.69, 9.17) is 0 Å². The molecule has 1 aliphatic heterocycles. The van der Waals surface area contributed by atoms with E-state index in [-0.39, 0.29) is 17.3 Å². The second kappa shape index (κ2) is 12.6. The van der Waals surface area contributed by atoms with Gasteiger partial charge in [-0.05, 0) is 101 Å². The number of Topliss-reactive ketones (excluding diaryl/α,β-unsaturated/α-hetero) is 2. The molecule has 0 amide bonds. The Labute approximate surface area is 229 Å². The summed E-state index contributed by atoms with van der Waals surface area (Å²) in [6, 6.07) is 16.4. The Bertz CT molecular complexity index is 1310. The molecule has 3 aromatic rings. The van der Waals surface area contributed by atoms with Gasteiger partial charge in [-0.1, -0.05) is 24.3 Å². The van der Waals surface area contributed by atoms with Crippen LogP contribution in [0.3, 0.4) is 0 Å². The van der Waals surface area contributed by atoms with Crippen LogP contribution < -0.4 is 0 Å². The lowest BCUT2D eigenvalue weighted by molar-refractivity contribution is 0.0567. The van der Waals surface area contributed by atoms with Crippen LogP contribution in [0, 0.1) is 30.4 Å². The molecule has 3 aromatic carbocycles. The number of phenolic OH excluding ortho intramolecular Hbond substituents is 1. The number of piperidine rings is 1. The van der Waals surface area contributed by atoms with Crippen LogP contribution in [0.2, 0.25) is 0 Å². The zero-order valence-electron chi connectivity index (χ0n) is 22.7. The Morgan fingerprint density at radius 3 is 2.18 bits per heavy atom. The number of rotatable bonds is 10. The molecule has 1 fully saturated rings. The maximum absolute atomic E-state index is 14.8. The van der Waals surface area contributed by atoms with Gasteiger partial charge in [0.15, 0.2) is 11.6 Å². The quantitative estimate of drug-likeness (QED) is 0.266. The lowest BCUT2D eigenvalue weighted by Crippen LogP contribution is -2.50. The number of likely N-dealkylation sites (tertiary alicyclic amines) is 1. The summed E-state index contributed by atoms with van der Waals surface area (Å²) in [6.07, 6.45) is 1.87. The summed E-state index contributed by atoms with van der Waals surface area (Å²) in [7, 11) is 4.04. The van der Waals surface area contributed by atoms with E-state index in [1.165, 1.54) is 42.5 Å². The molecular formula is C32H36F2N2O3. The highest BCUT2D eigenvalue weighted by Crippen LogP contribution is 2.42. The number of nitrogens with zero attached hydrogens (tertiary/aromatic N) is 2. The number of ketones is 2. The van der Waals surface area contributed by atoms with E-state index in [2.05, 4.69) is 9.80 Å². The van der Waals surface area contributed by atoms with Crippen LogP contribution in [-0.2, 0) is 0 Å². The van der Waals surface area contributed by atoms with Gasteiger partial charge in [0.05, 0.1) is 0 Å². The van der Waals surface area contributed by atoms with Crippen molar-refractivity contribution in [2.45, 2.75) is 25.7 Å². The van der Waals surface area contributed by atoms with Gasteiger partial charge in [0, 0.05) is 42.0 Å². The highest BCUT2D eigenvalue weighted by Gasteiger charge is 2.45. The van der Waals surface area contributed by atoms with Crippen LogP contribution >= 0.6 is 0 Å². The molecule has 5 nitrogen and oxygen atoms in total. The lowest BCUT2D eigenvalue weighted by Gasteiger charge is -2.43. The minimum absolute atomic E-state index is 0.0189. The highest BCUT2D eigenvalue weighted by atomic mass is 19.1. The van der Waals surface area contributed by atoms with Crippen molar-refractivity contribution in [3.63, 3.8) is 0 Å². The number of halogens is 2. The van der Waals surface area contributed by atoms with Gasteiger partial charge in [0.2, 0.25) is 0 Å². The summed E-state index contributed by atoms with van der Waals surface area (Å²) in [6.45, 7) is 4.13. The van der Waals surface area contributed by atoms with Crippen molar-refractivity contribution in [3.05, 3.63) is 101 Å². The second-order valence-electron chi connectivity index (χ2n) is 10.7. The van der Waals surface area contributed by atoms with E-state index >= 15 is 0 Å². The molecule has 3 atom stereocenters. The summed E-state index contributed by atoms with van der Waals surface area (Å²) < 4.78 is 28.5. The normalized spacial score (nSPS) is 19.8. The van der Waals surface area contributed by atoms with Gasteiger partial charge in [0.25, 0.3) is 0 Å². The molecule has 0 aliphatic carbocycles. The molecule has 0 bridgehead atoms. The Hall–Kier alpha value is -3.42. The van der Waals surface area contributed by atoms with Crippen LogP contribution in [0.1, 0.15) is 50.6 Å². The molecule has 0 saturated carbocycles. The van der Waals surface area contributed by atoms with Crippen molar-refractivity contribution in [2.75, 3.05) is 40.3 Å². The number of unbranched alkanes of at least 4 members (excludes halogenated alkanes) is 1. The zero-order valence-corrected chi connectivity index (χ0v) is 22.7. The van der Waals surface area contributed by atoms with Gasteiger partial charge in [-0.15, -0.1) is 0 Å². The average molecular weight is 535 g/mol. The van der Waals surface area contributed by atoms with E-state index < -0.39 is 29.4 Å². The van der Waals surface area contributed by atoms with E-state index in [1.54, 1.807) is 31.2 Å². The molecule has 1 N–H and O–H groups in total. The number of carbonyl (C=O) groups excluding carboxylic acids is 2. The molecule has 7 heteroatoms. The highest BCUT2D eigenvalue weighted by molar-refractivity contribution is 6.02. The molecule has 0 unspecified atom stereocenters. The Balaban J connectivity index is 1.78. The Morgan fingerprint density at radius 2 is 1.54 bits per heavy atom. The third-order valence-electron chi connectivity index (χ3n) is 7.71. The maximum Gasteiger partial charge on any atom is 0.167 e. The van der Waals surface area contributed by atoms with Crippen molar-refractivity contribution in [3.8, 4) is 5.75 Å². The minimum Gasteiger partial charge on any atom is -0.508 e. The fourth-order valence-corrected chi connectivity index (χ4v) is 5.70. The fraction of sp³-hybridized carbons (Fsp3) is 0.375. The van der Waals surface area contributed by atoms with Crippen LogP contribution in [0.4, 0.5) is 8.78 Å².